The van der Waals surface area contributed by atoms with Gasteiger partial charge >= 0.3 is 0 Å². The Hall–Kier alpha value is -2.29. The first-order valence-corrected chi connectivity index (χ1v) is 7.10. The molecule has 0 heterocycles. The molecular formula is C18H21NO2. The Bertz CT molecular complexity index is 564. The van der Waals surface area contributed by atoms with Crippen molar-refractivity contribution in [2.45, 2.75) is 12.8 Å². The van der Waals surface area contributed by atoms with Crippen molar-refractivity contribution in [2.24, 2.45) is 0 Å². The van der Waals surface area contributed by atoms with E-state index in [0.29, 0.717) is 6.42 Å². The molecule has 0 fully saturated rings. The zero-order valence-electron chi connectivity index (χ0n) is 12.6. The molecule has 0 aliphatic heterocycles. The molecule has 0 aromatic heterocycles. The van der Waals surface area contributed by atoms with Crippen molar-refractivity contribution < 1.29 is 9.53 Å². The van der Waals surface area contributed by atoms with Gasteiger partial charge in [-0.15, -0.1) is 0 Å². The molecule has 3 nitrogen and oxygen atoms in total. The quantitative estimate of drug-likeness (QED) is 0.816. The molecule has 0 N–H and O–H groups in total. The molecule has 0 unspecified atom stereocenters. The van der Waals surface area contributed by atoms with Gasteiger partial charge in [-0.05, 0) is 29.7 Å². The maximum absolute atomic E-state index is 12.2. The smallest absolute Gasteiger partial charge is 0.226 e. The standard InChI is InChI=1S/C18H21NO2/c1-19(13-12-15-6-4-3-5-7-15)18(20)14-16-8-10-17(21-2)11-9-16/h3-11H,12-14H2,1-2H3. The first-order valence-electron chi connectivity index (χ1n) is 7.10. The van der Waals surface area contributed by atoms with Crippen LogP contribution in [-0.4, -0.2) is 31.5 Å². The minimum absolute atomic E-state index is 0.135. The topological polar surface area (TPSA) is 29.5 Å². The third-order valence-corrected chi connectivity index (χ3v) is 3.52. The van der Waals surface area contributed by atoms with Gasteiger partial charge in [0, 0.05) is 13.6 Å². The van der Waals surface area contributed by atoms with Gasteiger partial charge in [-0.1, -0.05) is 42.5 Å². The number of rotatable bonds is 6. The molecule has 0 saturated carbocycles. The molecule has 2 aromatic carbocycles. The first kappa shape index (κ1) is 15.1. The van der Waals surface area contributed by atoms with Crippen LogP contribution in [0.15, 0.2) is 54.6 Å². The Morgan fingerprint density at radius 1 is 1.00 bits per heavy atom. The van der Waals surface area contributed by atoms with Crippen molar-refractivity contribution in [1.29, 1.82) is 0 Å². The highest BCUT2D eigenvalue weighted by molar-refractivity contribution is 5.78. The predicted octanol–water partition coefficient (Wildman–Crippen LogP) is 2.94. The fourth-order valence-electron chi connectivity index (χ4n) is 2.12. The van der Waals surface area contributed by atoms with Crippen LogP contribution in [0.1, 0.15) is 11.1 Å². The predicted molar refractivity (Wildman–Crippen MR) is 84.5 cm³/mol. The van der Waals surface area contributed by atoms with E-state index in [1.165, 1.54) is 5.56 Å². The van der Waals surface area contributed by atoms with E-state index < -0.39 is 0 Å². The number of ether oxygens (including phenoxy) is 1. The molecule has 0 radical (unpaired) electrons. The number of nitrogens with zero attached hydrogens (tertiary/aromatic N) is 1. The Labute approximate surface area is 126 Å². The minimum Gasteiger partial charge on any atom is -0.497 e. The molecule has 0 atom stereocenters. The summed E-state index contributed by atoms with van der Waals surface area (Å²) >= 11 is 0. The zero-order valence-corrected chi connectivity index (χ0v) is 12.6. The van der Waals surface area contributed by atoms with Gasteiger partial charge in [-0.3, -0.25) is 4.79 Å². The van der Waals surface area contributed by atoms with Crippen LogP contribution in [-0.2, 0) is 17.6 Å². The number of hydrogen-bond donors (Lipinski definition) is 0. The SMILES string of the molecule is COc1ccc(CC(=O)N(C)CCc2ccccc2)cc1. The van der Waals surface area contributed by atoms with E-state index in [0.717, 1.165) is 24.3 Å². The van der Waals surface area contributed by atoms with E-state index in [1.54, 1.807) is 12.0 Å². The highest BCUT2D eigenvalue weighted by Gasteiger charge is 2.09. The van der Waals surface area contributed by atoms with Gasteiger partial charge in [0.25, 0.3) is 0 Å². The van der Waals surface area contributed by atoms with E-state index >= 15 is 0 Å². The van der Waals surface area contributed by atoms with Crippen LogP contribution in [0.25, 0.3) is 0 Å². The Kier molecular flexibility index (Phi) is 5.38. The molecule has 0 bridgehead atoms. The Balaban J connectivity index is 1.84. The summed E-state index contributed by atoms with van der Waals surface area (Å²) in [6.07, 6.45) is 1.31. The summed E-state index contributed by atoms with van der Waals surface area (Å²) in [5.74, 6) is 0.944. The molecule has 0 spiro atoms. The van der Waals surface area contributed by atoms with E-state index in [-0.39, 0.29) is 5.91 Å². The van der Waals surface area contributed by atoms with Gasteiger partial charge in [0.15, 0.2) is 0 Å². The second-order valence-corrected chi connectivity index (χ2v) is 5.08. The normalized spacial score (nSPS) is 10.2. The van der Waals surface area contributed by atoms with Crippen molar-refractivity contribution in [3.05, 3.63) is 65.7 Å². The lowest BCUT2D eigenvalue weighted by molar-refractivity contribution is -0.129. The lowest BCUT2D eigenvalue weighted by Gasteiger charge is -2.17. The zero-order chi connectivity index (χ0) is 15.1. The third kappa shape index (κ3) is 4.63. The average molecular weight is 283 g/mol. The van der Waals surface area contributed by atoms with Crippen LogP contribution in [0.5, 0.6) is 5.75 Å². The molecule has 110 valence electrons. The summed E-state index contributed by atoms with van der Waals surface area (Å²) in [6.45, 7) is 0.735. The van der Waals surface area contributed by atoms with Gasteiger partial charge in [0.05, 0.1) is 13.5 Å². The molecule has 0 saturated heterocycles. The molecule has 3 heteroatoms. The van der Waals surface area contributed by atoms with Crippen LogP contribution in [0.3, 0.4) is 0 Å². The number of carbonyl (C=O) groups excluding carboxylic acids is 1. The second-order valence-electron chi connectivity index (χ2n) is 5.08. The van der Waals surface area contributed by atoms with E-state index in [1.807, 2.05) is 49.5 Å². The lowest BCUT2D eigenvalue weighted by Crippen LogP contribution is -2.30. The minimum atomic E-state index is 0.135. The van der Waals surface area contributed by atoms with Crippen LogP contribution < -0.4 is 4.74 Å². The fraction of sp³-hybridized carbons (Fsp3) is 0.278. The van der Waals surface area contributed by atoms with Crippen LogP contribution >= 0.6 is 0 Å². The number of benzene rings is 2. The first-order chi connectivity index (χ1) is 10.2. The van der Waals surface area contributed by atoms with Gasteiger partial charge < -0.3 is 9.64 Å². The number of hydrogen-bond acceptors (Lipinski definition) is 2. The molecule has 21 heavy (non-hydrogen) atoms. The summed E-state index contributed by atoms with van der Waals surface area (Å²) in [6, 6.07) is 17.8. The summed E-state index contributed by atoms with van der Waals surface area (Å²) in [7, 11) is 3.49. The Morgan fingerprint density at radius 2 is 1.67 bits per heavy atom. The van der Waals surface area contributed by atoms with E-state index in [2.05, 4.69) is 12.1 Å². The summed E-state index contributed by atoms with van der Waals surface area (Å²) in [5, 5.41) is 0. The summed E-state index contributed by atoms with van der Waals surface area (Å²) in [4.78, 5) is 14.0. The van der Waals surface area contributed by atoms with Crippen LogP contribution in [0.2, 0.25) is 0 Å². The van der Waals surface area contributed by atoms with Gasteiger partial charge in [-0.25, -0.2) is 0 Å². The summed E-state index contributed by atoms with van der Waals surface area (Å²) in [5.41, 5.74) is 2.26. The van der Waals surface area contributed by atoms with Crippen molar-refractivity contribution >= 4 is 5.91 Å². The average Bonchev–Trinajstić information content (AvgIpc) is 2.54. The molecule has 0 aliphatic carbocycles. The molecule has 1 amide bonds. The van der Waals surface area contributed by atoms with Crippen LogP contribution in [0.4, 0.5) is 0 Å². The second kappa shape index (κ2) is 7.48. The molecule has 2 rings (SSSR count). The largest absolute Gasteiger partial charge is 0.497 e. The maximum atomic E-state index is 12.2. The van der Waals surface area contributed by atoms with Gasteiger partial charge in [0.1, 0.15) is 5.75 Å². The lowest BCUT2D eigenvalue weighted by atomic mass is 10.1. The van der Waals surface area contributed by atoms with Gasteiger partial charge in [0.2, 0.25) is 5.91 Å². The molecule has 2 aromatic rings. The number of likely N-dealkylation sites (N-methyl/N-ethyl adjacent to an activating group) is 1. The monoisotopic (exact) mass is 283 g/mol. The number of carbonyl (C=O) groups is 1. The van der Waals surface area contributed by atoms with Gasteiger partial charge in [-0.2, -0.15) is 0 Å². The third-order valence-electron chi connectivity index (χ3n) is 3.52. The molecule has 0 aliphatic rings. The number of amides is 1. The van der Waals surface area contributed by atoms with E-state index in [4.69, 9.17) is 4.74 Å². The van der Waals surface area contributed by atoms with Crippen molar-refractivity contribution in [3.8, 4) is 5.75 Å². The van der Waals surface area contributed by atoms with Crippen LogP contribution in [0, 0.1) is 0 Å². The molecular weight excluding hydrogens is 262 g/mol. The van der Waals surface area contributed by atoms with Crippen molar-refractivity contribution in [2.75, 3.05) is 20.7 Å². The van der Waals surface area contributed by atoms with E-state index in [9.17, 15) is 4.79 Å². The maximum Gasteiger partial charge on any atom is 0.226 e. The van der Waals surface area contributed by atoms with Crippen molar-refractivity contribution in [1.82, 2.24) is 4.90 Å². The summed E-state index contributed by atoms with van der Waals surface area (Å²) < 4.78 is 5.11. The highest BCUT2D eigenvalue weighted by atomic mass is 16.5. The fourth-order valence-corrected chi connectivity index (χ4v) is 2.12. The van der Waals surface area contributed by atoms with Crippen molar-refractivity contribution in [3.63, 3.8) is 0 Å². The highest BCUT2D eigenvalue weighted by Crippen LogP contribution is 2.12. The number of methoxy groups -OCH3 is 1. The Morgan fingerprint density at radius 3 is 2.29 bits per heavy atom.